The summed E-state index contributed by atoms with van der Waals surface area (Å²) in [5.41, 5.74) is 0.991. The molecule has 0 spiro atoms. The van der Waals surface area contributed by atoms with Crippen LogP contribution in [0.3, 0.4) is 0 Å². The number of nitriles is 1. The molecule has 0 aliphatic heterocycles. The molecule has 1 heterocycles. The molecular formula is C9H10N2O3. The van der Waals surface area contributed by atoms with Gasteiger partial charge in [-0.3, -0.25) is 10.1 Å². The van der Waals surface area contributed by atoms with Gasteiger partial charge in [0, 0.05) is 5.56 Å². The van der Waals surface area contributed by atoms with Gasteiger partial charge < -0.3 is 9.52 Å². The molecule has 0 saturated carbocycles. The van der Waals surface area contributed by atoms with Crippen LogP contribution in [0.15, 0.2) is 4.42 Å². The molecule has 1 rings (SSSR count). The van der Waals surface area contributed by atoms with Crippen LogP contribution in [0.1, 0.15) is 16.9 Å². The summed E-state index contributed by atoms with van der Waals surface area (Å²) in [6.07, 6.45) is 0. The van der Waals surface area contributed by atoms with Crippen LogP contribution in [0.2, 0.25) is 0 Å². The number of amides is 1. The average Bonchev–Trinajstić information content (AvgIpc) is 2.42. The Bertz CT molecular complexity index is 401. The predicted molar refractivity (Wildman–Crippen MR) is 48.6 cm³/mol. The number of nitrogens with zero attached hydrogens (tertiary/aromatic N) is 1. The first-order chi connectivity index (χ1) is 6.60. The van der Waals surface area contributed by atoms with Gasteiger partial charge in [-0.2, -0.15) is 5.26 Å². The van der Waals surface area contributed by atoms with Crippen LogP contribution >= 0.6 is 0 Å². The summed E-state index contributed by atoms with van der Waals surface area (Å²) in [6, 6.07) is 1.92. The number of aliphatic hydroxyl groups excluding tert-OH is 1. The molecule has 5 nitrogen and oxygen atoms in total. The second-order valence-corrected chi connectivity index (χ2v) is 2.81. The summed E-state index contributed by atoms with van der Waals surface area (Å²) < 4.78 is 5.14. The zero-order valence-electron chi connectivity index (χ0n) is 7.92. The van der Waals surface area contributed by atoms with Crippen LogP contribution in [-0.2, 0) is 4.79 Å². The molecule has 0 saturated heterocycles. The SMILES string of the molecule is Cc1oc(NC(=O)CO)c(C#N)c1C. The van der Waals surface area contributed by atoms with E-state index in [9.17, 15) is 4.79 Å². The van der Waals surface area contributed by atoms with Gasteiger partial charge in [0.1, 0.15) is 24.0 Å². The molecule has 0 fully saturated rings. The van der Waals surface area contributed by atoms with Crippen molar-refractivity contribution in [2.45, 2.75) is 13.8 Å². The normalized spacial score (nSPS) is 9.57. The van der Waals surface area contributed by atoms with Crippen LogP contribution in [0, 0.1) is 25.2 Å². The Labute approximate surface area is 80.9 Å². The summed E-state index contributed by atoms with van der Waals surface area (Å²) in [6.45, 7) is 2.79. The molecule has 0 unspecified atom stereocenters. The molecule has 1 amide bonds. The maximum absolute atomic E-state index is 10.8. The summed E-state index contributed by atoms with van der Waals surface area (Å²) in [5.74, 6) is 0.0755. The van der Waals surface area contributed by atoms with E-state index in [0.29, 0.717) is 16.9 Å². The second kappa shape index (κ2) is 3.94. The third-order valence-electron chi connectivity index (χ3n) is 1.89. The Hall–Kier alpha value is -1.80. The van der Waals surface area contributed by atoms with Crippen molar-refractivity contribution in [1.82, 2.24) is 0 Å². The van der Waals surface area contributed by atoms with E-state index in [-0.39, 0.29) is 5.88 Å². The number of furan rings is 1. The van der Waals surface area contributed by atoms with Crippen LogP contribution in [-0.4, -0.2) is 17.6 Å². The minimum absolute atomic E-state index is 0.0987. The number of aryl methyl sites for hydroxylation is 1. The van der Waals surface area contributed by atoms with E-state index >= 15 is 0 Å². The first-order valence-electron chi connectivity index (χ1n) is 4.01. The fourth-order valence-electron chi connectivity index (χ4n) is 1.02. The van der Waals surface area contributed by atoms with Gasteiger partial charge in [-0.1, -0.05) is 0 Å². The highest BCUT2D eigenvalue weighted by atomic mass is 16.4. The van der Waals surface area contributed by atoms with Gasteiger partial charge in [0.05, 0.1) is 0 Å². The lowest BCUT2D eigenvalue weighted by molar-refractivity contribution is -0.118. The van der Waals surface area contributed by atoms with E-state index in [2.05, 4.69) is 5.32 Å². The van der Waals surface area contributed by atoms with Gasteiger partial charge in [0.2, 0.25) is 5.88 Å². The Balaban J connectivity index is 3.04. The molecule has 0 radical (unpaired) electrons. The Morgan fingerprint density at radius 1 is 1.64 bits per heavy atom. The summed E-state index contributed by atoms with van der Waals surface area (Å²) in [7, 11) is 0. The lowest BCUT2D eigenvalue weighted by Crippen LogP contribution is -2.15. The van der Waals surface area contributed by atoms with E-state index < -0.39 is 12.5 Å². The Kier molecular flexibility index (Phi) is 2.89. The topological polar surface area (TPSA) is 86.3 Å². The number of rotatable bonds is 2. The molecule has 0 atom stereocenters. The summed E-state index contributed by atoms with van der Waals surface area (Å²) in [5, 5.41) is 19.6. The third-order valence-corrected chi connectivity index (χ3v) is 1.89. The first-order valence-corrected chi connectivity index (χ1v) is 4.01. The second-order valence-electron chi connectivity index (χ2n) is 2.81. The third kappa shape index (κ3) is 1.75. The molecule has 0 bridgehead atoms. The van der Waals surface area contributed by atoms with Crippen molar-refractivity contribution in [2.75, 3.05) is 11.9 Å². The summed E-state index contributed by atoms with van der Waals surface area (Å²) in [4.78, 5) is 10.8. The first kappa shape index (κ1) is 10.3. The van der Waals surface area contributed by atoms with E-state index in [1.165, 1.54) is 0 Å². The number of nitrogens with one attached hydrogen (secondary N) is 1. The largest absolute Gasteiger partial charge is 0.444 e. The molecule has 2 N–H and O–H groups in total. The molecule has 0 aliphatic rings. The molecule has 1 aromatic rings. The summed E-state index contributed by atoms with van der Waals surface area (Å²) >= 11 is 0. The zero-order chi connectivity index (χ0) is 10.7. The Morgan fingerprint density at radius 2 is 2.29 bits per heavy atom. The van der Waals surface area contributed by atoms with E-state index in [0.717, 1.165) is 0 Å². The maximum Gasteiger partial charge on any atom is 0.252 e. The van der Waals surface area contributed by atoms with Crippen molar-refractivity contribution in [2.24, 2.45) is 0 Å². The van der Waals surface area contributed by atoms with E-state index in [1.807, 2.05) is 6.07 Å². The Morgan fingerprint density at radius 3 is 2.79 bits per heavy atom. The number of anilines is 1. The fraction of sp³-hybridized carbons (Fsp3) is 0.333. The molecule has 0 aromatic carbocycles. The van der Waals surface area contributed by atoms with Gasteiger partial charge in [-0.25, -0.2) is 0 Å². The number of hydrogen-bond donors (Lipinski definition) is 2. The van der Waals surface area contributed by atoms with Crippen molar-refractivity contribution in [1.29, 1.82) is 5.26 Å². The quantitative estimate of drug-likeness (QED) is 0.725. The van der Waals surface area contributed by atoms with Crippen molar-refractivity contribution < 1.29 is 14.3 Å². The van der Waals surface area contributed by atoms with Crippen LogP contribution in [0.5, 0.6) is 0 Å². The number of carbonyl (C=O) groups is 1. The predicted octanol–water partition coefficient (Wildman–Crippen LogP) is 0.699. The number of hydrogen-bond acceptors (Lipinski definition) is 4. The molecule has 74 valence electrons. The monoisotopic (exact) mass is 194 g/mol. The number of carbonyl (C=O) groups excluding carboxylic acids is 1. The fourth-order valence-corrected chi connectivity index (χ4v) is 1.02. The zero-order valence-corrected chi connectivity index (χ0v) is 7.92. The van der Waals surface area contributed by atoms with Gasteiger partial charge >= 0.3 is 0 Å². The molecule has 14 heavy (non-hydrogen) atoms. The highest BCUT2D eigenvalue weighted by molar-refractivity contribution is 5.91. The van der Waals surface area contributed by atoms with Crippen molar-refractivity contribution in [3.8, 4) is 6.07 Å². The smallest absolute Gasteiger partial charge is 0.252 e. The van der Waals surface area contributed by atoms with Crippen LogP contribution in [0.25, 0.3) is 0 Å². The van der Waals surface area contributed by atoms with Crippen LogP contribution in [0.4, 0.5) is 5.88 Å². The van der Waals surface area contributed by atoms with E-state index in [1.54, 1.807) is 13.8 Å². The minimum atomic E-state index is -0.635. The lowest BCUT2D eigenvalue weighted by Gasteiger charge is -1.97. The standard InChI is InChI=1S/C9H10N2O3/c1-5-6(2)14-9(7(5)3-10)11-8(13)4-12/h12H,4H2,1-2H3,(H,11,13). The number of aliphatic hydroxyl groups is 1. The van der Waals surface area contributed by atoms with Crippen LogP contribution < -0.4 is 5.32 Å². The highest BCUT2D eigenvalue weighted by Crippen LogP contribution is 2.24. The van der Waals surface area contributed by atoms with Gasteiger partial charge in [0.15, 0.2) is 0 Å². The van der Waals surface area contributed by atoms with Crippen molar-refractivity contribution in [3.63, 3.8) is 0 Å². The average molecular weight is 194 g/mol. The van der Waals surface area contributed by atoms with Crippen molar-refractivity contribution in [3.05, 3.63) is 16.9 Å². The van der Waals surface area contributed by atoms with Crippen molar-refractivity contribution >= 4 is 11.8 Å². The minimum Gasteiger partial charge on any atom is -0.444 e. The van der Waals surface area contributed by atoms with Gasteiger partial charge in [-0.15, -0.1) is 0 Å². The maximum atomic E-state index is 10.8. The molecule has 5 heteroatoms. The van der Waals surface area contributed by atoms with E-state index in [4.69, 9.17) is 14.8 Å². The highest BCUT2D eigenvalue weighted by Gasteiger charge is 2.15. The molecular weight excluding hydrogens is 184 g/mol. The van der Waals surface area contributed by atoms with Gasteiger partial charge in [-0.05, 0) is 13.8 Å². The lowest BCUT2D eigenvalue weighted by atomic mass is 10.2. The molecule has 0 aliphatic carbocycles. The van der Waals surface area contributed by atoms with Gasteiger partial charge in [0.25, 0.3) is 5.91 Å². The molecule has 1 aromatic heterocycles.